The van der Waals surface area contributed by atoms with E-state index in [-0.39, 0.29) is 17.0 Å². The Balaban J connectivity index is 1.47. The number of rotatable bonds is 7. The van der Waals surface area contributed by atoms with Crippen LogP contribution in [0.25, 0.3) is 0 Å². The highest BCUT2D eigenvalue weighted by Crippen LogP contribution is 2.21. The zero-order chi connectivity index (χ0) is 21.3. The molecule has 0 fully saturated rings. The summed E-state index contributed by atoms with van der Waals surface area (Å²) in [7, 11) is 0. The number of hydrogen-bond acceptors (Lipinski definition) is 5. The van der Waals surface area contributed by atoms with Crippen LogP contribution >= 0.6 is 11.6 Å². The van der Waals surface area contributed by atoms with Gasteiger partial charge in [-0.25, -0.2) is 4.39 Å². The maximum atomic E-state index is 13.7. The van der Waals surface area contributed by atoms with E-state index < -0.39 is 24.3 Å². The summed E-state index contributed by atoms with van der Waals surface area (Å²) < 4.78 is 18.6. The molecule has 8 heteroatoms. The molecule has 6 nitrogen and oxygen atoms in total. The largest absolute Gasteiger partial charge is 0.455 e. The fourth-order valence-corrected chi connectivity index (χ4v) is 2.69. The molecule has 30 heavy (non-hydrogen) atoms. The average Bonchev–Trinajstić information content (AvgIpc) is 2.75. The molecule has 0 aliphatic heterocycles. The van der Waals surface area contributed by atoms with Crippen molar-refractivity contribution in [2.24, 2.45) is 10.2 Å². The van der Waals surface area contributed by atoms with E-state index in [9.17, 15) is 14.0 Å². The molecule has 152 valence electrons. The number of carbonyl (C=O) groups excluding carboxylic acids is 2. The van der Waals surface area contributed by atoms with Crippen molar-refractivity contribution in [1.82, 2.24) is 0 Å². The maximum Gasteiger partial charge on any atom is 0.310 e. The van der Waals surface area contributed by atoms with Gasteiger partial charge in [0.1, 0.15) is 5.82 Å². The van der Waals surface area contributed by atoms with Gasteiger partial charge in [0.2, 0.25) is 0 Å². The van der Waals surface area contributed by atoms with Crippen LogP contribution in [0.2, 0.25) is 5.02 Å². The van der Waals surface area contributed by atoms with Crippen LogP contribution in [0, 0.1) is 5.82 Å². The second-order valence-corrected chi connectivity index (χ2v) is 6.58. The molecular weight excluding hydrogens is 409 g/mol. The molecular formula is C22H17ClFN3O3. The van der Waals surface area contributed by atoms with E-state index in [1.54, 1.807) is 24.3 Å². The summed E-state index contributed by atoms with van der Waals surface area (Å²) in [6.45, 7) is -0.500. The number of azo groups is 1. The van der Waals surface area contributed by atoms with Gasteiger partial charge in [0.05, 0.1) is 17.8 Å². The first-order valence-corrected chi connectivity index (χ1v) is 9.34. The molecule has 0 bridgehead atoms. The van der Waals surface area contributed by atoms with Crippen LogP contribution in [0.5, 0.6) is 0 Å². The Bertz CT molecular complexity index is 1040. The number of amides is 1. The number of esters is 1. The highest BCUT2D eigenvalue weighted by Gasteiger charge is 2.14. The fraction of sp³-hybridized carbons (Fsp3) is 0.0909. The highest BCUT2D eigenvalue weighted by molar-refractivity contribution is 6.31. The Kier molecular flexibility index (Phi) is 7.24. The van der Waals surface area contributed by atoms with Gasteiger partial charge in [0.15, 0.2) is 6.61 Å². The standard InChI is InChI=1S/C22H17ClFN3O3/c23-19-7-4-8-20(24)18(19)13-22(29)30-14-21(28)25-15-9-11-17(12-10-15)27-26-16-5-2-1-3-6-16/h1-12H,13-14H2,(H,25,28). The number of nitrogens with zero attached hydrogens (tertiary/aromatic N) is 2. The van der Waals surface area contributed by atoms with Gasteiger partial charge >= 0.3 is 5.97 Å². The fourth-order valence-electron chi connectivity index (χ4n) is 2.46. The van der Waals surface area contributed by atoms with Crippen molar-refractivity contribution >= 4 is 40.5 Å². The predicted molar refractivity (Wildman–Crippen MR) is 112 cm³/mol. The quantitative estimate of drug-likeness (QED) is 0.394. The second kappa shape index (κ2) is 10.3. The molecule has 0 atom stereocenters. The van der Waals surface area contributed by atoms with Gasteiger partial charge in [-0.3, -0.25) is 9.59 Å². The van der Waals surface area contributed by atoms with Crippen molar-refractivity contribution in [3.63, 3.8) is 0 Å². The van der Waals surface area contributed by atoms with Gasteiger partial charge in [-0.15, -0.1) is 0 Å². The van der Waals surface area contributed by atoms with Crippen LogP contribution in [-0.2, 0) is 20.7 Å². The first kappa shape index (κ1) is 21.1. The van der Waals surface area contributed by atoms with Crippen molar-refractivity contribution in [3.05, 3.63) is 89.2 Å². The van der Waals surface area contributed by atoms with Crippen molar-refractivity contribution in [2.75, 3.05) is 11.9 Å². The van der Waals surface area contributed by atoms with Gasteiger partial charge in [-0.05, 0) is 48.5 Å². The van der Waals surface area contributed by atoms with Crippen LogP contribution in [-0.4, -0.2) is 18.5 Å². The van der Waals surface area contributed by atoms with E-state index in [4.69, 9.17) is 16.3 Å². The Morgan fingerprint density at radius 1 is 0.900 bits per heavy atom. The average molecular weight is 426 g/mol. The number of anilines is 1. The summed E-state index contributed by atoms with van der Waals surface area (Å²) in [5.74, 6) is -1.89. The molecule has 0 spiro atoms. The van der Waals surface area contributed by atoms with E-state index >= 15 is 0 Å². The third-order valence-corrected chi connectivity index (χ3v) is 4.29. The molecule has 0 heterocycles. The summed E-state index contributed by atoms with van der Waals surface area (Å²) in [6.07, 6.45) is -0.361. The molecule has 0 unspecified atom stereocenters. The summed E-state index contributed by atoms with van der Waals surface area (Å²) in [5.41, 5.74) is 1.88. The first-order chi connectivity index (χ1) is 14.5. The summed E-state index contributed by atoms with van der Waals surface area (Å²) >= 11 is 5.87. The lowest BCUT2D eigenvalue weighted by molar-refractivity contribution is -0.146. The highest BCUT2D eigenvalue weighted by atomic mass is 35.5. The lowest BCUT2D eigenvalue weighted by atomic mass is 10.1. The van der Waals surface area contributed by atoms with Crippen molar-refractivity contribution < 1.29 is 18.7 Å². The number of carbonyl (C=O) groups is 2. The van der Waals surface area contributed by atoms with Gasteiger partial charge < -0.3 is 10.1 Å². The van der Waals surface area contributed by atoms with E-state index in [1.165, 1.54) is 18.2 Å². The summed E-state index contributed by atoms with van der Waals surface area (Å²) in [6, 6.07) is 20.1. The molecule has 0 aliphatic rings. The molecule has 0 radical (unpaired) electrons. The van der Waals surface area contributed by atoms with Gasteiger partial charge in [0, 0.05) is 16.3 Å². The smallest absolute Gasteiger partial charge is 0.310 e. The Morgan fingerprint density at radius 2 is 1.57 bits per heavy atom. The minimum absolute atomic E-state index is 0.0323. The molecule has 3 aromatic rings. The van der Waals surface area contributed by atoms with Gasteiger partial charge in [0.25, 0.3) is 5.91 Å². The number of hydrogen-bond donors (Lipinski definition) is 1. The zero-order valence-electron chi connectivity index (χ0n) is 15.7. The second-order valence-electron chi connectivity index (χ2n) is 6.17. The first-order valence-electron chi connectivity index (χ1n) is 8.96. The molecule has 0 saturated carbocycles. The van der Waals surface area contributed by atoms with E-state index in [0.717, 1.165) is 5.69 Å². The maximum absolute atomic E-state index is 13.7. The van der Waals surface area contributed by atoms with E-state index in [1.807, 2.05) is 30.3 Å². The molecule has 1 N–H and O–H groups in total. The van der Waals surface area contributed by atoms with Crippen molar-refractivity contribution in [3.8, 4) is 0 Å². The monoisotopic (exact) mass is 425 g/mol. The number of benzene rings is 3. The number of nitrogens with one attached hydrogen (secondary N) is 1. The normalized spacial score (nSPS) is 10.7. The molecule has 0 aliphatic carbocycles. The minimum atomic E-state index is -0.756. The van der Waals surface area contributed by atoms with Crippen LogP contribution in [0.4, 0.5) is 21.5 Å². The lowest BCUT2D eigenvalue weighted by Crippen LogP contribution is -2.21. The predicted octanol–water partition coefficient (Wildman–Crippen LogP) is 5.62. The van der Waals surface area contributed by atoms with Crippen LogP contribution in [0.1, 0.15) is 5.56 Å². The Labute approximate surface area is 177 Å². The van der Waals surface area contributed by atoms with Crippen molar-refractivity contribution in [2.45, 2.75) is 6.42 Å². The molecule has 1 amide bonds. The summed E-state index contributed by atoms with van der Waals surface area (Å²) in [4.78, 5) is 23.8. The minimum Gasteiger partial charge on any atom is -0.455 e. The Morgan fingerprint density at radius 3 is 2.23 bits per heavy atom. The molecule has 0 saturated heterocycles. The van der Waals surface area contributed by atoms with Crippen LogP contribution < -0.4 is 5.32 Å². The number of halogens is 2. The van der Waals surface area contributed by atoms with Crippen LogP contribution in [0.3, 0.4) is 0 Å². The van der Waals surface area contributed by atoms with Crippen LogP contribution in [0.15, 0.2) is 83.0 Å². The Hall–Kier alpha value is -3.58. The topological polar surface area (TPSA) is 80.1 Å². The third kappa shape index (κ3) is 6.22. The summed E-state index contributed by atoms with van der Waals surface area (Å²) in [5, 5.41) is 10.9. The number of ether oxygens (including phenoxy) is 1. The van der Waals surface area contributed by atoms with Gasteiger partial charge in [-0.2, -0.15) is 10.2 Å². The molecule has 0 aromatic heterocycles. The van der Waals surface area contributed by atoms with E-state index in [0.29, 0.717) is 11.4 Å². The SMILES string of the molecule is O=C(COC(=O)Cc1c(F)cccc1Cl)Nc1ccc(N=Nc2ccccc2)cc1. The molecule has 3 rings (SSSR count). The molecule has 3 aromatic carbocycles. The third-order valence-electron chi connectivity index (χ3n) is 3.94. The van der Waals surface area contributed by atoms with E-state index in [2.05, 4.69) is 15.5 Å². The van der Waals surface area contributed by atoms with Crippen molar-refractivity contribution in [1.29, 1.82) is 0 Å². The zero-order valence-corrected chi connectivity index (χ0v) is 16.5. The van der Waals surface area contributed by atoms with Gasteiger partial charge in [-0.1, -0.05) is 35.9 Å². The lowest BCUT2D eigenvalue weighted by Gasteiger charge is -2.08.